The zero-order chi connectivity index (χ0) is 15.4. The summed E-state index contributed by atoms with van der Waals surface area (Å²) in [5.41, 5.74) is 8.85. The first kappa shape index (κ1) is 15.5. The second kappa shape index (κ2) is 6.69. The average molecular weight is 304 g/mol. The second-order valence-corrected chi connectivity index (χ2v) is 5.53. The summed E-state index contributed by atoms with van der Waals surface area (Å²) in [5, 5.41) is 4.18. The number of ether oxygens (including phenoxy) is 1. The number of hydrogen-bond donors (Lipinski definition) is 1. The third-order valence-electron chi connectivity index (χ3n) is 3.19. The van der Waals surface area contributed by atoms with Crippen molar-refractivity contribution in [3.05, 3.63) is 47.3 Å². The molecule has 1 heterocycles. The van der Waals surface area contributed by atoms with Crippen molar-refractivity contribution in [3.8, 4) is 5.75 Å². The lowest BCUT2D eigenvalue weighted by atomic mass is 10.1. The first-order valence-corrected chi connectivity index (χ1v) is 7.03. The lowest BCUT2D eigenvalue weighted by molar-refractivity contribution is 0.318. The van der Waals surface area contributed by atoms with E-state index in [1.54, 1.807) is 7.11 Å². The molecule has 0 bridgehead atoms. The van der Waals surface area contributed by atoms with E-state index in [4.69, 9.17) is 22.7 Å². The molecule has 0 fully saturated rings. The van der Waals surface area contributed by atoms with Gasteiger partial charge in [-0.25, -0.2) is 0 Å². The quantitative estimate of drug-likeness (QED) is 0.823. The molecule has 2 aromatic rings. The van der Waals surface area contributed by atoms with Crippen molar-refractivity contribution in [1.82, 2.24) is 14.7 Å². The number of aryl methyl sites for hydroxylation is 1. The van der Waals surface area contributed by atoms with Crippen LogP contribution in [-0.4, -0.2) is 33.8 Å². The molecular formula is C15H20N4OS. The van der Waals surface area contributed by atoms with Crippen LogP contribution >= 0.6 is 12.2 Å². The molecule has 0 unspecified atom stereocenters. The number of methoxy groups -OCH3 is 1. The number of thiocarbonyl (C=S) groups is 1. The molecule has 0 atom stereocenters. The second-order valence-electron chi connectivity index (χ2n) is 5.09. The Labute approximate surface area is 130 Å². The molecule has 0 aliphatic heterocycles. The third-order valence-corrected chi connectivity index (χ3v) is 3.41. The van der Waals surface area contributed by atoms with Crippen molar-refractivity contribution < 1.29 is 4.74 Å². The monoisotopic (exact) mass is 304 g/mol. The highest BCUT2D eigenvalue weighted by Gasteiger charge is 2.09. The Morgan fingerprint density at radius 3 is 2.67 bits per heavy atom. The molecule has 0 aliphatic rings. The number of aromatic nitrogens is 2. The predicted octanol–water partition coefficient (Wildman–Crippen LogP) is 1.69. The smallest absolute Gasteiger partial charge is 0.129 e. The standard InChI is InChI=1S/C15H20N4OS/c1-18(9-12-7-17-19(2)10-12)8-11-4-5-14(20-3)13(6-11)15(16)21/h4-7,10H,8-9H2,1-3H3,(H2,16,21). The van der Waals surface area contributed by atoms with Crippen LogP contribution < -0.4 is 10.5 Å². The predicted molar refractivity (Wildman–Crippen MR) is 87.3 cm³/mol. The molecule has 21 heavy (non-hydrogen) atoms. The zero-order valence-corrected chi connectivity index (χ0v) is 13.4. The Morgan fingerprint density at radius 2 is 2.10 bits per heavy atom. The van der Waals surface area contributed by atoms with Gasteiger partial charge in [0.25, 0.3) is 0 Å². The van der Waals surface area contributed by atoms with Crippen LogP contribution in [-0.2, 0) is 20.1 Å². The van der Waals surface area contributed by atoms with Crippen LogP contribution in [0.1, 0.15) is 16.7 Å². The van der Waals surface area contributed by atoms with Gasteiger partial charge in [-0.3, -0.25) is 9.58 Å². The SMILES string of the molecule is COc1ccc(CN(C)Cc2cnn(C)c2)cc1C(N)=S. The van der Waals surface area contributed by atoms with Crippen LogP contribution in [0.5, 0.6) is 5.75 Å². The highest BCUT2D eigenvalue weighted by Crippen LogP contribution is 2.20. The summed E-state index contributed by atoms with van der Waals surface area (Å²) >= 11 is 5.07. The average Bonchev–Trinajstić information content (AvgIpc) is 2.83. The molecule has 2 rings (SSSR count). The lowest BCUT2D eigenvalue weighted by Gasteiger charge is -2.17. The molecule has 0 saturated carbocycles. The number of nitrogens with two attached hydrogens (primary N) is 1. The van der Waals surface area contributed by atoms with Gasteiger partial charge in [-0.2, -0.15) is 5.10 Å². The summed E-state index contributed by atoms with van der Waals surface area (Å²) in [6, 6.07) is 5.92. The summed E-state index contributed by atoms with van der Waals surface area (Å²) in [6.45, 7) is 1.64. The Hall–Kier alpha value is -1.92. The number of hydrogen-bond acceptors (Lipinski definition) is 4. The van der Waals surface area contributed by atoms with E-state index >= 15 is 0 Å². The number of nitrogens with zero attached hydrogens (tertiary/aromatic N) is 3. The zero-order valence-electron chi connectivity index (χ0n) is 12.5. The van der Waals surface area contributed by atoms with Crippen LogP contribution in [0.2, 0.25) is 0 Å². The summed E-state index contributed by atoms with van der Waals surface area (Å²) < 4.78 is 7.08. The fourth-order valence-electron chi connectivity index (χ4n) is 2.28. The van der Waals surface area contributed by atoms with Gasteiger partial charge < -0.3 is 10.5 Å². The van der Waals surface area contributed by atoms with Gasteiger partial charge in [0.2, 0.25) is 0 Å². The van der Waals surface area contributed by atoms with E-state index < -0.39 is 0 Å². The van der Waals surface area contributed by atoms with Crippen molar-refractivity contribution >= 4 is 17.2 Å². The fourth-order valence-corrected chi connectivity index (χ4v) is 2.44. The molecule has 6 heteroatoms. The largest absolute Gasteiger partial charge is 0.496 e. The molecule has 0 amide bonds. The van der Waals surface area contributed by atoms with Crippen molar-refractivity contribution in [1.29, 1.82) is 0 Å². The van der Waals surface area contributed by atoms with Gasteiger partial charge in [-0.15, -0.1) is 0 Å². The molecule has 2 N–H and O–H groups in total. The molecule has 0 aliphatic carbocycles. The molecule has 1 aromatic carbocycles. The topological polar surface area (TPSA) is 56.3 Å². The van der Waals surface area contributed by atoms with Gasteiger partial charge in [-0.1, -0.05) is 18.3 Å². The van der Waals surface area contributed by atoms with E-state index in [2.05, 4.69) is 17.0 Å². The Morgan fingerprint density at radius 1 is 1.38 bits per heavy atom. The van der Waals surface area contributed by atoms with E-state index in [1.165, 1.54) is 5.56 Å². The van der Waals surface area contributed by atoms with Crippen molar-refractivity contribution in [2.24, 2.45) is 12.8 Å². The third kappa shape index (κ3) is 4.03. The van der Waals surface area contributed by atoms with E-state index in [9.17, 15) is 0 Å². The molecule has 112 valence electrons. The van der Waals surface area contributed by atoms with Crippen LogP contribution in [0.4, 0.5) is 0 Å². The summed E-state index contributed by atoms with van der Waals surface area (Å²) in [6.07, 6.45) is 3.90. The maximum absolute atomic E-state index is 5.74. The molecule has 5 nitrogen and oxygen atoms in total. The van der Waals surface area contributed by atoms with Crippen LogP contribution in [0, 0.1) is 0 Å². The minimum Gasteiger partial charge on any atom is -0.496 e. The summed E-state index contributed by atoms with van der Waals surface area (Å²) in [4.78, 5) is 2.56. The van der Waals surface area contributed by atoms with E-state index in [-0.39, 0.29) is 0 Å². The van der Waals surface area contributed by atoms with Gasteiger partial charge >= 0.3 is 0 Å². The van der Waals surface area contributed by atoms with Crippen molar-refractivity contribution in [2.45, 2.75) is 13.1 Å². The maximum atomic E-state index is 5.74. The van der Waals surface area contributed by atoms with Crippen molar-refractivity contribution in [2.75, 3.05) is 14.2 Å². The van der Waals surface area contributed by atoms with Crippen LogP contribution in [0.25, 0.3) is 0 Å². The number of benzene rings is 1. The van der Waals surface area contributed by atoms with Crippen LogP contribution in [0.3, 0.4) is 0 Å². The van der Waals surface area contributed by atoms with E-state index in [0.717, 1.165) is 24.2 Å². The lowest BCUT2D eigenvalue weighted by Crippen LogP contribution is -2.18. The number of rotatable bonds is 6. The van der Waals surface area contributed by atoms with Gasteiger partial charge in [0, 0.05) is 31.9 Å². The first-order valence-electron chi connectivity index (χ1n) is 6.62. The van der Waals surface area contributed by atoms with E-state index in [0.29, 0.717) is 10.7 Å². The first-order chi connectivity index (χ1) is 9.99. The minimum atomic E-state index is 0.351. The molecule has 0 saturated heterocycles. The minimum absolute atomic E-state index is 0.351. The molecule has 0 radical (unpaired) electrons. The molecule has 0 spiro atoms. The Bertz CT molecular complexity index is 638. The summed E-state index contributed by atoms with van der Waals surface area (Å²) in [5.74, 6) is 0.709. The van der Waals surface area contributed by atoms with Gasteiger partial charge in [0.1, 0.15) is 10.7 Å². The molecule has 1 aromatic heterocycles. The van der Waals surface area contributed by atoms with Gasteiger partial charge in [0.15, 0.2) is 0 Å². The molecular weight excluding hydrogens is 284 g/mol. The van der Waals surface area contributed by atoms with E-state index in [1.807, 2.05) is 42.3 Å². The van der Waals surface area contributed by atoms with Crippen molar-refractivity contribution in [3.63, 3.8) is 0 Å². The van der Waals surface area contributed by atoms with Gasteiger partial charge in [-0.05, 0) is 24.7 Å². The highest BCUT2D eigenvalue weighted by atomic mass is 32.1. The fraction of sp³-hybridized carbons (Fsp3) is 0.333. The summed E-state index contributed by atoms with van der Waals surface area (Å²) in [7, 11) is 5.60. The Kier molecular flexibility index (Phi) is 4.93. The van der Waals surface area contributed by atoms with Gasteiger partial charge in [0.05, 0.1) is 18.9 Å². The highest BCUT2D eigenvalue weighted by molar-refractivity contribution is 7.80. The normalized spacial score (nSPS) is 10.9. The Balaban J connectivity index is 2.08. The van der Waals surface area contributed by atoms with Crippen LogP contribution in [0.15, 0.2) is 30.6 Å². The maximum Gasteiger partial charge on any atom is 0.129 e.